The van der Waals surface area contributed by atoms with Crippen LogP contribution in [0.3, 0.4) is 0 Å². The highest BCUT2D eigenvalue weighted by Crippen LogP contribution is 2.43. The van der Waals surface area contributed by atoms with Crippen molar-refractivity contribution in [3.63, 3.8) is 0 Å². The molecule has 5 rings (SSSR count). The number of likely N-dealkylation sites (tertiary alicyclic amines) is 1. The Hall–Kier alpha value is -3.90. The highest BCUT2D eigenvalue weighted by molar-refractivity contribution is 6.37. The summed E-state index contributed by atoms with van der Waals surface area (Å²) in [6, 6.07) is -2.65. The molecule has 4 N–H and O–H groups in total. The van der Waals surface area contributed by atoms with Gasteiger partial charge in [-0.2, -0.15) is 0 Å². The molecule has 0 aromatic carbocycles. The van der Waals surface area contributed by atoms with Crippen LogP contribution >= 0.6 is 0 Å². The average molecular weight is 638 g/mol. The first-order valence-electron chi connectivity index (χ1n) is 16.7. The van der Waals surface area contributed by atoms with Gasteiger partial charge in [-0.05, 0) is 61.7 Å². The molecule has 46 heavy (non-hydrogen) atoms. The number of fused-ring (bicyclic) bond motifs is 1. The smallest absolute Gasteiger partial charge is 0.289 e. The van der Waals surface area contributed by atoms with Gasteiger partial charge in [0.1, 0.15) is 23.8 Å². The number of nitrogens with zero attached hydrogens (tertiary/aromatic N) is 3. The molecule has 13 nitrogen and oxygen atoms in total. The van der Waals surface area contributed by atoms with Gasteiger partial charge in [-0.3, -0.25) is 33.8 Å². The summed E-state index contributed by atoms with van der Waals surface area (Å²) in [6.07, 6.45) is 13.0. The van der Waals surface area contributed by atoms with Crippen molar-refractivity contribution in [3.8, 4) is 0 Å². The summed E-state index contributed by atoms with van der Waals surface area (Å²) in [7, 11) is 0. The van der Waals surface area contributed by atoms with E-state index in [1.807, 2.05) is 20.8 Å². The van der Waals surface area contributed by atoms with Gasteiger partial charge in [-0.1, -0.05) is 46.5 Å². The lowest BCUT2D eigenvalue weighted by Crippen LogP contribution is -2.62. The summed E-state index contributed by atoms with van der Waals surface area (Å²) >= 11 is 0. The molecular formula is C33H47N7O6. The van der Waals surface area contributed by atoms with Crippen LogP contribution in [0.1, 0.15) is 95.5 Å². The Bertz CT molecular complexity index is 1320. The Morgan fingerprint density at radius 2 is 1.65 bits per heavy atom. The van der Waals surface area contributed by atoms with Crippen molar-refractivity contribution in [3.05, 3.63) is 24.3 Å². The largest absolute Gasteiger partial charge is 0.347 e. The van der Waals surface area contributed by atoms with Crippen LogP contribution in [0.4, 0.5) is 0 Å². The first-order valence-corrected chi connectivity index (χ1v) is 16.7. The zero-order valence-corrected chi connectivity index (χ0v) is 27.0. The number of Topliss-reactive ketones (excluding diaryl/α,β-unsaturated/α-hetero) is 1. The lowest BCUT2D eigenvalue weighted by molar-refractivity contribution is -0.145. The van der Waals surface area contributed by atoms with Crippen molar-refractivity contribution in [2.24, 2.45) is 23.2 Å². The lowest BCUT2D eigenvalue weighted by Gasteiger charge is -2.38. The molecule has 4 aliphatic rings. The fourth-order valence-electron chi connectivity index (χ4n) is 7.26. The molecule has 3 saturated carbocycles. The van der Waals surface area contributed by atoms with Gasteiger partial charge in [0.2, 0.25) is 23.5 Å². The Labute approximate surface area is 269 Å². The van der Waals surface area contributed by atoms with Crippen molar-refractivity contribution in [2.45, 2.75) is 109 Å². The predicted molar refractivity (Wildman–Crippen MR) is 167 cm³/mol. The molecule has 1 aromatic heterocycles. The number of carbonyl (C=O) groups excluding carboxylic acids is 6. The van der Waals surface area contributed by atoms with Crippen LogP contribution in [-0.2, 0) is 24.0 Å². The summed E-state index contributed by atoms with van der Waals surface area (Å²) in [4.78, 5) is 89.3. The molecule has 2 heterocycles. The number of nitrogens with one attached hydrogen (secondary N) is 4. The summed E-state index contributed by atoms with van der Waals surface area (Å²) < 4.78 is 0. The number of carbonyl (C=O) groups is 6. The predicted octanol–water partition coefficient (Wildman–Crippen LogP) is 1.28. The monoisotopic (exact) mass is 637 g/mol. The van der Waals surface area contributed by atoms with Crippen LogP contribution in [0.25, 0.3) is 0 Å². The summed E-state index contributed by atoms with van der Waals surface area (Å²) in [5.41, 5.74) is -0.630. The van der Waals surface area contributed by atoms with E-state index in [-0.39, 0.29) is 35.4 Å². The van der Waals surface area contributed by atoms with Gasteiger partial charge in [0.25, 0.3) is 11.8 Å². The standard InChI is InChI=1S/C33H47N7O6/c1-33(2,3)27(39-30(44)25(19-8-5-4-6-9-19)38-28(42)23-16-34-14-15-35-23)32(46)40-18-20-10-7-11-22(20)26(40)31(45)36-17-24(41)29(43)37-21-12-13-21/h14-16,19-22,25-27H,4-13,17-18H2,1-3H3,(H,36,45)(H,37,43)(H,38,42)(H,39,44)/t20-,22-,25-,26-,27+/m0/s1. The first kappa shape index (κ1) is 33.5. The molecule has 1 aliphatic heterocycles. The zero-order valence-electron chi connectivity index (χ0n) is 27.0. The number of amides is 5. The van der Waals surface area contributed by atoms with Gasteiger partial charge in [-0.15, -0.1) is 0 Å². The van der Waals surface area contributed by atoms with Crippen LogP contribution in [0, 0.1) is 23.2 Å². The minimum Gasteiger partial charge on any atom is -0.347 e. The number of ketones is 1. The van der Waals surface area contributed by atoms with Crippen molar-refractivity contribution < 1.29 is 28.8 Å². The summed E-state index contributed by atoms with van der Waals surface area (Å²) in [5, 5.41) is 11.1. The lowest BCUT2D eigenvalue weighted by atomic mass is 9.82. The highest BCUT2D eigenvalue weighted by atomic mass is 16.2. The highest BCUT2D eigenvalue weighted by Gasteiger charge is 2.52. The summed E-state index contributed by atoms with van der Waals surface area (Å²) in [6.45, 7) is 5.49. The molecule has 13 heteroatoms. The van der Waals surface area contributed by atoms with E-state index in [2.05, 4.69) is 31.2 Å². The van der Waals surface area contributed by atoms with E-state index < -0.39 is 59.5 Å². The first-order chi connectivity index (χ1) is 21.9. The Morgan fingerprint density at radius 3 is 2.30 bits per heavy atom. The van der Waals surface area contributed by atoms with Gasteiger partial charge in [0, 0.05) is 25.0 Å². The third-order valence-corrected chi connectivity index (χ3v) is 9.92. The van der Waals surface area contributed by atoms with Gasteiger partial charge in [0.15, 0.2) is 0 Å². The van der Waals surface area contributed by atoms with E-state index in [1.165, 1.54) is 18.6 Å². The van der Waals surface area contributed by atoms with Crippen molar-refractivity contribution in [1.82, 2.24) is 36.1 Å². The fraction of sp³-hybridized carbons (Fsp3) is 0.697. The normalized spacial score (nSPS) is 24.3. The third kappa shape index (κ3) is 7.90. The van der Waals surface area contributed by atoms with Crippen LogP contribution in [0.15, 0.2) is 18.6 Å². The van der Waals surface area contributed by atoms with E-state index in [4.69, 9.17) is 0 Å². The maximum absolute atomic E-state index is 14.4. The van der Waals surface area contributed by atoms with Crippen molar-refractivity contribution >= 4 is 35.3 Å². The second kappa shape index (κ2) is 14.3. The number of hydrogen-bond donors (Lipinski definition) is 4. The minimum absolute atomic E-state index is 0.0249. The maximum Gasteiger partial charge on any atom is 0.289 e. The maximum atomic E-state index is 14.4. The zero-order chi connectivity index (χ0) is 33.0. The van der Waals surface area contributed by atoms with Gasteiger partial charge < -0.3 is 26.2 Å². The van der Waals surface area contributed by atoms with E-state index in [0.717, 1.165) is 64.2 Å². The van der Waals surface area contributed by atoms with Crippen LogP contribution in [0.5, 0.6) is 0 Å². The van der Waals surface area contributed by atoms with Gasteiger partial charge in [0.05, 0.1) is 12.7 Å². The van der Waals surface area contributed by atoms with E-state index >= 15 is 0 Å². The quantitative estimate of drug-likeness (QED) is 0.262. The molecule has 1 saturated heterocycles. The Morgan fingerprint density at radius 1 is 0.913 bits per heavy atom. The molecule has 1 aromatic rings. The van der Waals surface area contributed by atoms with E-state index in [1.54, 1.807) is 4.90 Å². The van der Waals surface area contributed by atoms with Gasteiger partial charge in [-0.25, -0.2) is 4.98 Å². The Balaban J connectivity index is 1.32. The molecule has 250 valence electrons. The topological polar surface area (TPSA) is 180 Å². The molecule has 0 unspecified atom stereocenters. The number of aromatic nitrogens is 2. The van der Waals surface area contributed by atoms with Crippen molar-refractivity contribution in [2.75, 3.05) is 13.1 Å². The second-order valence-corrected chi connectivity index (χ2v) is 14.4. The molecular weight excluding hydrogens is 590 g/mol. The number of rotatable bonds is 11. The second-order valence-electron chi connectivity index (χ2n) is 14.4. The van der Waals surface area contributed by atoms with E-state index in [0.29, 0.717) is 6.54 Å². The molecule has 4 fully saturated rings. The molecule has 0 spiro atoms. The summed E-state index contributed by atoms with van der Waals surface area (Å²) in [5.74, 6) is -3.30. The van der Waals surface area contributed by atoms with E-state index in [9.17, 15) is 28.8 Å². The third-order valence-electron chi connectivity index (χ3n) is 9.92. The van der Waals surface area contributed by atoms with Crippen LogP contribution in [-0.4, -0.2) is 87.4 Å². The molecule has 0 radical (unpaired) electrons. The Kier molecular flexibility index (Phi) is 10.4. The number of hydrogen-bond acceptors (Lipinski definition) is 8. The average Bonchev–Trinajstić information content (AvgIpc) is 3.61. The molecule has 5 amide bonds. The fourth-order valence-corrected chi connectivity index (χ4v) is 7.26. The SMILES string of the molecule is CC(C)(C)[C@H](NC(=O)[C@@H](NC(=O)c1cnccn1)C1CCCCC1)C(=O)N1C[C@@H]2CCC[C@@H]2[C@H]1C(=O)NCC(=O)C(=O)NC1CC1. The van der Waals surface area contributed by atoms with Crippen LogP contribution in [0.2, 0.25) is 0 Å². The molecule has 0 bridgehead atoms. The van der Waals surface area contributed by atoms with Crippen LogP contribution < -0.4 is 21.3 Å². The minimum atomic E-state index is -0.986. The van der Waals surface area contributed by atoms with Crippen molar-refractivity contribution in [1.29, 1.82) is 0 Å². The molecule has 5 atom stereocenters. The molecule has 3 aliphatic carbocycles. The van der Waals surface area contributed by atoms with Gasteiger partial charge >= 0.3 is 0 Å².